The Morgan fingerprint density at radius 2 is 1.75 bits per heavy atom. The lowest BCUT2D eigenvalue weighted by atomic mass is 9.89. The molecular formula is C33H36ClN3O3. The van der Waals surface area contributed by atoms with Crippen LogP contribution in [-0.2, 0) is 16.1 Å². The molecule has 208 valence electrons. The van der Waals surface area contributed by atoms with Crippen molar-refractivity contribution in [3.63, 3.8) is 0 Å². The van der Waals surface area contributed by atoms with E-state index in [0.717, 1.165) is 55.6 Å². The summed E-state index contributed by atoms with van der Waals surface area (Å²) < 4.78 is 6.26. The van der Waals surface area contributed by atoms with Crippen LogP contribution in [0.5, 0.6) is 0 Å². The fourth-order valence-electron chi connectivity index (χ4n) is 5.55. The fourth-order valence-corrected chi connectivity index (χ4v) is 5.67. The van der Waals surface area contributed by atoms with Crippen molar-refractivity contribution in [2.45, 2.75) is 51.3 Å². The number of hydrogen-bond donors (Lipinski definition) is 1. The second kappa shape index (κ2) is 13.1. The van der Waals surface area contributed by atoms with Crippen molar-refractivity contribution in [1.82, 2.24) is 10.2 Å². The molecule has 1 N–H and O–H groups in total. The lowest BCUT2D eigenvalue weighted by Gasteiger charge is -2.44. The number of nitrogens with one attached hydrogen (secondary N) is 1. The number of halogens is 1. The van der Waals surface area contributed by atoms with Gasteiger partial charge in [-0.2, -0.15) is 0 Å². The van der Waals surface area contributed by atoms with Gasteiger partial charge in [0.1, 0.15) is 6.10 Å². The molecule has 2 fully saturated rings. The standard InChI is InChI=1S/C33H36ClN3O3/c1-2-36(28-8-4-3-5-9-28)21-20-35-32(38)26-16-12-24(13-17-26)22-31-33(39)37(23-25-14-18-27(34)19-15-25)29-10-6-7-11-30(29)40-31/h3-5,8-9,12-19,22,29-30H,2,6-7,10-11,20-21,23H2,1H3,(H,35,38)/b31-22-. The first-order valence-corrected chi connectivity index (χ1v) is 14.5. The van der Waals surface area contributed by atoms with Gasteiger partial charge in [0.25, 0.3) is 11.8 Å². The number of amides is 2. The quantitative estimate of drug-likeness (QED) is 0.313. The van der Waals surface area contributed by atoms with E-state index in [4.69, 9.17) is 16.3 Å². The van der Waals surface area contributed by atoms with Crippen LogP contribution in [-0.4, -0.2) is 48.5 Å². The van der Waals surface area contributed by atoms with E-state index >= 15 is 0 Å². The maximum Gasteiger partial charge on any atom is 0.289 e. The second-order valence-corrected chi connectivity index (χ2v) is 10.8. The molecule has 3 aromatic carbocycles. The number of rotatable bonds is 9. The first-order chi connectivity index (χ1) is 19.5. The van der Waals surface area contributed by atoms with E-state index in [9.17, 15) is 9.59 Å². The zero-order valence-corrected chi connectivity index (χ0v) is 23.6. The smallest absolute Gasteiger partial charge is 0.289 e. The number of nitrogens with zero attached hydrogens (tertiary/aromatic N) is 2. The third-order valence-corrected chi connectivity index (χ3v) is 7.98. The van der Waals surface area contributed by atoms with Crippen LogP contribution in [0.15, 0.2) is 84.6 Å². The third kappa shape index (κ3) is 6.68. The first-order valence-electron chi connectivity index (χ1n) is 14.1. The molecule has 3 aromatic rings. The van der Waals surface area contributed by atoms with Gasteiger partial charge in [-0.05, 0) is 79.8 Å². The summed E-state index contributed by atoms with van der Waals surface area (Å²) in [4.78, 5) is 30.5. The highest BCUT2D eigenvalue weighted by molar-refractivity contribution is 6.30. The van der Waals surface area contributed by atoms with Crippen molar-refractivity contribution < 1.29 is 14.3 Å². The van der Waals surface area contributed by atoms with E-state index in [0.29, 0.717) is 29.4 Å². The first kappa shape index (κ1) is 27.8. The molecule has 1 aliphatic heterocycles. The van der Waals surface area contributed by atoms with Crippen molar-refractivity contribution in [3.8, 4) is 0 Å². The fraction of sp³-hybridized carbons (Fsp3) is 0.333. The monoisotopic (exact) mass is 557 g/mol. The predicted octanol–water partition coefficient (Wildman–Crippen LogP) is 6.31. The van der Waals surface area contributed by atoms with E-state index in [2.05, 4.69) is 29.3 Å². The summed E-state index contributed by atoms with van der Waals surface area (Å²) in [6.45, 7) is 4.76. The molecule has 2 amide bonds. The van der Waals surface area contributed by atoms with Crippen molar-refractivity contribution in [3.05, 3.63) is 106 Å². The minimum absolute atomic E-state index is 0.00590. The number of ether oxygens (including phenoxy) is 1. The molecule has 2 atom stereocenters. The lowest BCUT2D eigenvalue weighted by Crippen LogP contribution is -2.54. The van der Waals surface area contributed by atoms with Gasteiger partial charge in [0.15, 0.2) is 5.76 Å². The summed E-state index contributed by atoms with van der Waals surface area (Å²) in [5, 5.41) is 3.70. The van der Waals surface area contributed by atoms with Gasteiger partial charge in [0.2, 0.25) is 0 Å². The molecule has 0 bridgehead atoms. The summed E-state index contributed by atoms with van der Waals surface area (Å²) in [6.07, 6.45) is 5.87. The summed E-state index contributed by atoms with van der Waals surface area (Å²) in [6, 6.07) is 25.2. The minimum Gasteiger partial charge on any atom is -0.482 e. The van der Waals surface area contributed by atoms with E-state index in [-0.39, 0.29) is 24.0 Å². The van der Waals surface area contributed by atoms with Gasteiger partial charge in [-0.3, -0.25) is 9.59 Å². The average Bonchev–Trinajstić information content (AvgIpc) is 2.99. The van der Waals surface area contributed by atoms with Gasteiger partial charge >= 0.3 is 0 Å². The number of hydrogen-bond acceptors (Lipinski definition) is 4. The molecule has 0 aromatic heterocycles. The van der Waals surface area contributed by atoms with Crippen LogP contribution < -0.4 is 10.2 Å². The molecule has 6 nitrogen and oxygen atoms in total. The van der Waals surface area contributed by atoms with Crippen molar-refractivity contribution in [2.24, 2.45) is 0 Å². The molecule has 5 rings (SSSR count). The summed E-state index contributed by atoms with van der Waals surface area (Å²) in [7, 11) is 0. The van der Waals surface area contributed by atoms with E-state index < -0.39 is 0 Å². The Bertz CT molecular complexity index is 1330. The molecule has 2 aliphatic rings. The molecule has 2 unspecified atom stereocenters. The molecule has 40 heavy (non-hydrogen) atoms. The van der Waals surface area contributed by atoms with Crippen molar-refractivity contribution in [1.29, 1.82) is 0 Å². The number of fused-ring (bicyclic) bond motifs is 1. The molecular weight excluding hydrogens is 522 g/mol. The molecule has 1 heterocycles. The van der Waals surface area contributed by atoms with Gasteiger partial charge in [0, 0.05) is 42.5 Å². The number of carbonyl (C=O) groups excluding carboxylic acids is 2. The Labute approximate surface area is 241 Å². The highest BCUT2D eigenvalue weighted by atomic mass is 35.5. The normalized spacial score (nSPS) is 19.6. The summed E-state index contributed by atoms with van der Waals surface area (Å²) in [5.74, 6) is 0.140. The zero-order valence-electron chi connectivity index (χ0n) is 22.9. The Balaban J connectivity index is 1.23. The van der Waals surface area contributed by atoms with Crippen LogP contribution in [0, 0.1) is 0 Å². The Kier molecular flexibility index (Phi) is 9.07. The highest BCUT2D eigenvalue weighted by Gasteiger charge is 2.41. The number of benzene rings is 3. The van der Waals surface area contributed by atoms with Crippen molar-refractivity contribution in [2.75, 3.05) is 24.5 Å². The van der Waals surface area contributed by atoms with Crippen LogP contribution in [0.3, 0.4) is 0 Å². The zero-order chi connectivity index (χ0) is 27.9. The topological polar surface area (TPSA) is 61.9 Å². The molecule has 1 saturated carbocycles. The minimum atomic E-state index is -0.118. The Hall–Kier alpha value is -3.77. The second-order valence-electron chi connectivity index (χ2n) is 10.4. The van der Waals surface area contributed by atoms with Gasteiger partial charge in [-0.1, -0.05) is 60.5 Å². The van der Waals surface area contributed by atoms with Crippen LogP contribution in [0.4, 0.5) is 5.69 Å². The highest BCUT2D eigenvalue weighted by Crippen LogP contribution is 2.34. The number of carbonyl (C=O) groups is 2. The maximum absolute atomic E-state index is 13.6. The average molecular weight is 558 g/mol. The van der Waals surface area contributed by atoms with Crippen molar-refractivity contribution >= 4 is 35.2 Å². The van der Waals surface area contributed by atoms with Crippen LogP contribution in [0.25, 0.3) is 6.08 Å². The predicted molar refractivity (Wildman–Crippen MR) is 160 cm³/mol. The third-order valence-electron chi connectivity index (χ3n) is 7.73. The molecule has 1 aliphatic carbocycles. The van der Waals surface area contributed by atoms with Crippen LogP contribution in [0.1, 0.15) is 54.1 Å². The van der Waals surface area contributed by atoms with Gasteiger partial charge in [-0.15, -0.1) is 0 Å². The van der Waals surface area contributed by atoms with Gasteiger partial charge in [-0.25, -0.2) is 0 Å². The molecule has 0 spiro atoms. The van der Waals surface area contributed by atoms with E-state index in [1.807, 2.05) is 59.5 Å². The lowest BCUT2D eigenvalue weighted by molar-refractivity contribution is -0.149. The SMILES string of the molecule is CCN(CCNC(=O)c1ccc(/C=C2\OC3CCCCC3N(Cc3ccc(Cl)cc3)C2=O)cc1)c1ccccc1. The van der Waals surface area contributed by atoms with Gasteiger partial charge < -0.3 is 19.9 Å². The number of likely N-dealkylation sites (N-methyl/N-ethyl adjacent to an activating group) is 1. The summed E-state index contributed by atoms with van der Waals surface area (Å²) in [5.41, 5.74) is 3.59. The van der Waals surface area contributed by atoms with Crippen LogP contribution >= 0.6 is 11.6 Å². The molecule has 1 saturated heterocycles. The molecule has 0 radical (unpaired) electrons. The Morgan fingerprint density at radius 1 is 1.02 bits per heavy atom. The van der Waals surface area contributed by atoms with E-state index in [1.165, 1.54) is 0 Å². The largest absolute Gasteiger partial charge is 0.482 e. The van der Waals surface area contributed by atoms with Gasteiger partial charge in [0.05, 0.1) is 6.04 Å². The summed E-state index contributed by atoms with van der Waals surface area (Å²) >= 11 is 6.07. The van der Waals surface area contributed by atoms with E-state index in [1.54, 1.807) is 18.2 Å². The number of morpholine rings is 1. The Morgan fingerprint density at radius 3 is 2.48 bits per heavy atom. The number of para-hydroxylation sites is 1. The van der Waals surface area contributed by atoms with Crippen LogP contribution in [0.2, 0.25) is 5.02 Å². The maximum atomic E-state index is 13.6. The number of anilines is 1. The molecule has 7 heteroatoms.